The molecule has 2 aromatic carbocycles. The molecule has 5 aromatic rings. The van der Waals surface area contributed by atoms with E-state index in [1.165, 1.54) is 4.68 Å². The molecule has 0 spiro atoms. The minimum absolute atomic E-state index is 0.0325. The lowest BCUT2D eigenvalue weighted by Gasteiger charge is -2.08. The Balaban J connectivity index is 1.38. The molecule has 5 rings (SSSR count). The summed E-state index contributed by atoms with van der Waals surface area (Å²) in [6, 6.07) is 12.3. The molecule has 0 aliphatic rings. The second-order valence-corrected chi connectivity index (χ2v) is 7.50. The molecule has 0 aliphatic heterocycles. The number of hydrogen-bond acceptors (Lipinski definition) is 8. The maximum absolute atomic E-state index is 12.4. The molecule has 0 atom stereocenters. The van der Waals surface area contributed by atoms with E-state index in [1.807, 2.05) is 0 Å². The number of nitrogens with one attached hydrogen (secondary N) is 2. The Morgan fingerprint density at radius 3 is 2.53 bits per heavy atom. The third-order valence-corrected chi connectivity index (χ3v) is 5.33. The summed E-state index contributed by atoms with van der Waals surface area (Å²) >= 11 is 12.5. The number of aromatic nitrogens is 9. The van der Waals surface area contributed by atoms with E-state index in [2.05, 4.69) is 40.9 Å². The summed E-state index contributed by atoms with van der Waals surface area (Å²) < 4.78 is 7.23. The Morgan fingerprint density at radius 1 is 1.03 bits per heavy atom. The van der Waals surface area contributed by atoms with Crippen LogP contribution in [0.5, 0.6) is 5.75 Å². The van der Waals surface area contributed by atoms with Crippen LogP contribution in [0.1, 0.15) is 11.4 Å². The van der Waals surface area contributed by atoms with E-state index in [0.717, 1.165) is 5.56 Å². The highest BCUT2D eigenvalue weighted by Crippen LogP contribution is 2.25. The number of ether oxygens (including phenoxy) is 1. The first-order valence-electron chi connectivity index (χ1n) is 9.30. The molecule has 0 saturated heterocycles. The summed E-state index contributed by atoms with van der Waals surface area (Å²) in [5, 5.41) is 22.7. The van der Waals surface area contributed by atoms with Crippen LogP contribution in [0.2, 0.25) is 10.0 Å². The van der Waals surface area contributed by atoms with E-state index >= 15 is 0 Å². The molecule has 0 aliphatic carbocycles. The van der Waals surface area contributed by atoms with Gasteiger partial charge in [-0.3, -0.25) is 4.79 Å². The second-order valence-electron chi connectivity index (χ2n) is 6.68. The van der Waals surface area contributed by atoms with Crippen LogP contribution in [0.15, 0.2) is 47.3 Å². The highest BCUT2D eigenvalue weighted by Gasteiger charge is 2.15. The molecule has 0 unspecified atom stereocenters. The number of tetrazole rings is 1. The van der Waals surface area contributed by atoms with Crippen LogP contribution in [0, 0.1) is 0 Å². The van der Waals surface area contributed by atoms with Crippen LogP contribution in [0.25, 0.3) is 22.6 Å². The van der Waals surface area contributed by atoms with Gasteiger partial charge in [0.2, 0.25) is 5.82 Å². The van der Waals surface area contributed by atoms with E-state index in [-0.39, 0.29) is 18.7 Å². The Morgan fingerprint density at radius 2 is 1.81 bits per heavy atom. The smallest absolute Gasteiger partial charge is 0.281 e. The lowest BCUT2D eigenvalue weighted by atomic mass is 10.2. The lowest BCUT2D eigenvalue weighted by Crippen LogP contribution is -2.15. The number of rotatable bonds is 6. The predicted molar refractivity (Wildman–Crippen MR) is 115 cm³/mol. The molecule has 3 aromatic heterocycles. The monoisotopic (exact) mass is 469 g/mol. The summed E-state index contributed by atoms with van der Waals surface area (Å²) in [7, 11) is 0. The zero-order valence-corrected chi connectivity index (χ0v) is 17.7. The third-order valence-electron chi connectivity index (χ3n) is 4.63. The van der Waals surface area contributed by atoms with Crippen molar-refractivity contribution in [3.63, 3.8) is 0 Å². The normalized spacial score (nSPS) is 11.2. The van der Waals surface area contributed by atoms with Crippen LogP contribution in [0.3, 0.4) is 0 Å². The van der Waals surface area contributed by atoms with Gasteiger partial charge in [-0.25, -0.2) is 9.67 Å². The van der Waals surface area contributed by atoms with Crippen molar-refractivity contribution in [2.45, 2.75) is 13.2 Å². The van der Waals surface area contributed by atoms with Crippen LogP contribution in [-0.2, 0) is 13.2 Å². The average Bonchev–Trinajstić information content (AvgIpc) is 3.46. The maximum atomic E-state index is 12.4. The topological polar surface area (TPSA) is 140 Å². The first kappa shape index (κ1) is 20.1. The van der Waals surface area contributed by atoms with Gasteiger partial charge in [-0.15, -0.1) is 15.3 Å². The summed E-state index contributed by atoms with van der Waals surface area (Å²) in [6.07, 6.45) is 0. The first-order valence-corrected chi connectivity index (χ1v) is 10.1. The average molecular weight is 470 g/mol. The molecule has 0 amide bonds. The van der Waals surface area contributed by atoms with E-state index < -0.39 is 5.56 Å². The minimum atomic E-state index is -0.419. The molecule has 160 valence electrons. The van der Waals surface area contributed by atoms with Gasteiger partial charge in [-0.2, -0.15) is 5.21 Å². The van der Waals surface area contributed by atoms with Crippen molar-refractivity contribution >= 4 is 34.4 Å². The summed E-state index contributed by atoms with van der Waals surface area (Å²) in [6.45, 7) is 0.244. The Kier molecular flexibility index (Phi) is 5.25. The van der Waals surface area contributed by atoms with Crippen molar-refractivity contribution in [3.8, 4) is 17.1 Å². The molecule has 0 fully saturated rings. The van der Waals surface area contributed by atoms with Crippen molar-refractivity contribution in [1.82, 2.24) is 45.6 Å². The van der Waals surface area contributed by atoms with Crippen molar-refractivity contribution < 1.29 is 4.74 Å². The quantitative estimate of drug-likeness (QED) is 0.386. The molecule has 32 heavy (non-hydrogen) atoms. The highest BCUT2D eigenvalue weighted by atomic mass is 35.5. The van der Waals surface area contributed by atoms with Crippen LogP contribution in [-0.4, -0.2) is 45.6 Å². The number of fused-ring (bicyclic) bond motifs is 1. The zero-order valence-electron chi connectivity index (χ0n) is 16.2. The molecule has 11 nitrogen and oxygen atoms in total. The van der Waals surface area contributed by atoms with Gasteiger partial charge in [0.15, 0.2) is 11.2 Å². The molecule has 0 radical (unpaired) electrons. The first-order chi connectivity index (χ1) is 15.6. The van der Waals surface area contributed by atoms with Gasteiger partial charge in [-0.1, -0.05) is 34.5 Å². The van der Waals surface area contributed by atoms with Crippen LogP contribution >= 0.6 is 23.2 Å². The van der Waals surface area contributed by atoms with Crippen molar-refractivity contribution in [3.05, 3.63) is 74.3 Å². The predicted octanol–water partition coefficient (Wildman–Crippen LogP) is 2.63. The SMILES string of the molecule is O=c1[nH]c(COc2ccc(-c3nn[nH]n3)cc2)nc2c1nnn2Cc1c(Cl)cccc1Cl. The van der Waals surface area contributed by atoms with E-state index in [1.54, 1.807) is 42.5 Å². The van der Waals surface area contributed by atoms with Gasteiger partial charge >= 0.3 is 0 Å². The zero-order chi connectivity index (χ0) is 22.1. The summed E-state index contributed by atoms with van der Waals surface area (Å²) in [4.78, 5) is 19.6. The van der Waals surface area contributed by atoms with Gasteiger partial charge in [0.1, 0.15) is 18.2 Å². The molecule has 2 N–H and O–H groups in total. The van der Waals surface area contributed by atoms with E-state index in [9.17, 15) is 4.79 Å². The fourth-order valence-electron chi connectivity index (χ4n) is 3.06. The molecular formula is C19H13Cl2N9O2. The minimum Gasteiger partial charge on any atom is -0.486 e. The number of halogens is 2. The standard InChI is InChI=1S/C19H13Cl2N9O2/c20-13-2-1-3-14(21)12(13)8-30-18-16(24-29-30)19(31)23-15(22-18)9-32-11-6-4-10(5-7-11)17-25-27-28-26-17/h1-7H,8-9H2,(H,22,23,31)(H,25,26,27,28). The molecular weight excluding hydrogens is 457 g/mol. The van der Waals surface area contributed by atoms with Crippen molar-refractivity contribution in [1.29, 1.82) is 0 Å². The molecule has 3 heterocycles. The largest absolute Gasteiger partial charge is 0.486 e. The van der Waals surface area contributed by atoms with Crippen molar-refractivity contribution in [2.75, 3.05) is 0 Å². The van der Waals surface area contributed by atoms with Crippen molar-refractivity contribution in [2.24, 2.45) is 0 Å². The van der Waals surface area contributed by atoms with Crippen LogP contribution in [0.4, 0.5) is 0 Å². The number of H-pyrrole nitrogens is 2. The summed E-state index contributed by atoms with van der Waals surface area (Å²) in [5.41, 5.74) is 1.44. The number of benzene rings is 2. The summed E-state index contributed by atoms with van der Waals surface area (Å²) in [5.74, 6) is 1.38. The number of hydrogen-bond donors (Lipinski definition) is 2. The van der Waals surface area contributed by atoms with E-state index in [4.69, 9.17) is 27.9 Å². The third kappa shape index (κ3) is 3.90. The highest BCUT2D eigenvalue weighted by molar-refractivity contribution is 6.36. The van der Waals surface area contributed by atoms with Crippen LogP contribution < -0.4 is 10.3 Å². The molecule has 13 heteroatoms. The molecule has 0 saturated carbocycles. The Hall–Kier alpha value is -3.83. The van der Waals surface area contributed by atoms with Gasteiger partial charge in [-0.05, 0) is 41.6 Å². The fraction of sp³-hybridized carbons (Fsp3) is 0.105. The lowest BCUT2D eigenvalue weighted by molar-refractivity contribution is 0.296. The fourth-order valence-corrected chi connectivity index (χ4v) is 3.57. The second kappa shape index (κ2) is 8.36. The van der Waals surface area contributed by atoms with E-state index in [0.29, 0.717) is 38.7 Å². The Bertz CT molecular complexity index is 1430. The maximum Gasteiger partial charge on any atom is 0.281 e. The van der Waals surface area contributed by atoms with Gasteiger partial charge in [0, 0.05) is 21.2 Å². The van der Waals surface area contributed by atoms with Gasteiger partial charge in [0.25, 0.3) is 5.56 Å². The Labute approximate surface area is 189 Å². The van der Waals surface area contributed by atoms with Gasteiger partial charge in [0.05, 0.1) is 6.54 Å². The molecule has 0 bridgehead atoms. The van der Waals surface area contributed by atoms with Gasteiger partial charge < -0.3 is 9.72 Å². The number of aromatic amines is 2. The number of nitrogens with zero attached hydrogens (tertiary/aromatic N) is 7.